The zero-order chi connectivity index (χ0) is 44.1. The van der Waals surface area contributed by atoms with E-state index >= 15 is 0 Å². The van der Waals surface area contributed by atoms with Crippen molar-refractivity contribution in [1.82, 2.24) is 30.0 Å². The Hall–Kier alpha value is -6.80. The fourth-order valence-corrected chi connectivity index (χ4v) is 6.70. The van der Waals surface area contributed by atoms with Crippen LogP contribution in [0.4, 0.5) is 0 Å². The van der Waals surface area contributed by atoms with Crippen LogP contribution in [0.1, 0.15) is 43.2 Å². The molecule has 4 aromatic carbocycles. The van der Waals surface area contributed by atoms with Gasteiger partial charge in [0.05, 0.1) is 71.0 Å². The summed E-state index contributed by atoms with van der Waals surface area (Å²) < 4.78 is 50.6. The Labute approximate surface area is 361 Å². The second-order valence-electron chi connectivity index (χ2n) is 14.1. The van der Waals surface area contributed by atoms with Gasteiger partial charge < -0.3 is 37.9 Å². The van der Waals surface area contributed by atoms with Crippen LogP contribution in [0.2, 0.25) is 0 Å². The van der Waals surface area contributed by atoms with Gasteiger partial charge in [0, 0.05) is 18.2 Å². The van der Waals surface area contributed by atoms with Crippen LogP contribution in [0, 0.1) is 0 Å². The van der Waals surface area contributed by atoms with Gasteiger partial charge in [-0.15, -0.1) is 10.2 Å². The first-order valence-electron chi connectivity index (χ1n) is 19.7. The van der Waals surface area contributed by atoms with Crippen LogP contribution >= 0.6 is 0 Å². The Morgan fingerprint density at radius 1 is 0.556 bits per heavy atom. The summed E-state index contributed by atoms with van der Waals surface area (Å²) in [5.41, 5.74) is 4.43. The maximum Gasteiger partial charge on any atom is 0.379 e. The van der Waals surface area contributed by atoms with Crippen molar-refractivity contribution < 1.29 is 57.1 Å². The molecule has 6 aromatic rings. The highest BCUT2D eigenvalue weighted by molar-refractivity contribution is 6.41. The second kappa shape index (κ2) is 21.3. The van der Waals surface area contributed by atoms with Crippen molar-refractivity contribution in [3.05, 3.63) is 155 Å². The number of ketones is 2. The molecule has 18 heteroatoms. The topological polar surface area (TPSA) is 204 Å². The number of rotatable bonds is 20. The van der Waals surface area contributed by atoms with Crippen molar-refractivity contribution in [1.29, 1.82) is 0 Å². The highest BCUT2D eigenvalue weighted by atomic mass is 16.7. The molecule has 0 spiro atoms. The molecule has 0 aliphatic carbocycles. The van der Waals surface area contributed by atoms with Crippen molar-refractivity contribution in [3.8, 4) is 11.4 Å². The van der Waals surface area contributed by atoms with E-state index in [0.29, 0.717) is 22.8 Å². The lowest BCUT2D eigenvalue weighted by Crippen LogP contribution is -2.61. The maximum absolute atomic E-state index is 12.2. The first kappa shape index (κ1) is 44.3. The first-order chi connectivity index (χ1) is 30.7. The predicted molar refractivity (Wildman–Crippen MR) is 219 cm³/mol. The lowest BCUT2D eigenvalue weighted by atomic mass is 9.98. The van der Waals surface area contributed by atoms with Gasteiger partial charge >= 0.3 is 11.9 Å². The summed E-state index contributed by atoms with van der Waals surface area (Å²) in [4.78, 5) is 47.8. The number of nitrogens with zero attached hydrogens (tertiary/aromatic N) is 6. The van der Waals surface area contributed by atoms with E-state index in [1.807, 2.05) is 60.7 Å². The molecular weight excluding hydrogens is 817 g/mol. The Kier molecular flexibility index (Phi) is 15.0. The van der Waals surface area contributed by atoms with E-state index in [9.17, 15) is 19.2 Å². The zero-order valence-corrected chi connectivity index (χ0v) is 34.6. The van der Waals surface area contributed by atoms with Gasteiger partial charge in [-0.3, -0.25) is 9.59 Å². The van der Waals surface area contributed by atoms with Crippen LogP contribution in [0.5, 0.6) is 0 Å². The van der Waals surface area contributed by atoms with Gasteiger partial charge in [0.1, 0.15) is 35.8 Å². The van der Waals surface area contributed by atoms with Crippen LogP contribution in [0.25, 0.3) is 11.4 Å². The molecule has 18 nitrogen and oxygen atoms in total. The number of Topliss-reactive ketones (excluding diaryl/α,β-unsaturated/α-hetero) is 2. The van der Waals surface area contributed by atoms with Crippen molar-refractivity contribution in [2.24, 2.45) is 0 Å². The molecule has 5 atom stereocenters. The molecule has 326 valence electrons. The molecular formula is C45H44N6O12. The van der Waals surface area contributed by atoms with E-state index in [2.05, 4.69) is 30.1 Å². The fourth-order valence-electron chi connectivity index (χ4n) is 6.70. The van der Waals surface area contributed by atoms with Crippen molar-refractivity contribution in [3.63, 3.8) is 0 Å². The lowest BCUT2D eigenvalue weighted by Gasteiger charge is -2.45. The van der Waals surface area contributed by atoms with E-state index in [1.54, 1.807) is 36.7 Å². The summed E-state index contributed by atoms with van der Waals surface area (Å²) in [6.07, 6.45) is -0.559. The predicted octanol–water partition coefficient (Wildman–Crippen LogP) is 4.20. The normalized spacial score (nSPS) is 18.4. The van der Waals surface area contributed by atoms with Crippen LogP contribution in [0.3, 0.4) is 0 Å². The highest BCUT2D eigenvalue weighted by Crippen LogP contribution is 2.31. The molecule has 0 bridgehead atoms. The molecule has 2 aromatic heterocycles. The number of methoxy groups -OCH3 is 3. The molecule has 1 aliphatic rings. The minimum atomic E-state index is -0.955. The van der Waals surface area contributed by atoms with E-state index in [4.69, 9.17) is 28.4 Å². The monoisotopic (exact) mass is 860 g/mol. The van der Waals surface area contributed by atoms with Crippen molar-refractivity contribution >= 4 is 23.5 Å². The SMILES string of the molecule is COC(=O)C(=O)c1ccc(-n2cc(COC[C@H]3O[C@H](OC)[C@H](OCc4cn(-c5ccc(C(=O)C(=O)OC)cc5)nn4)[C@@H](OCc4ccccc4)[C@@H]3OCc3ccccc3)nn2)cc1. The van der Waals surface area contributed by atoms with E-state index in [0.717, 1.165) is 25.3 Å². The lowest BCUT2D eigenvalue weighted by molar-refractivity contribution is -0.323. The Balaban J connectivity index is 1.08. The second-order valence-corrected chi connectivity index (χ2v) is 14.1. The summed E-state index contributed by atoms with van der Waals surface area (Å²) in [5, 5.41) is 17.0. The molecule has 1 saturated heterocycles. The van der Waals surface area contributed by atoms with Crippen molar-refractivity contribution in [2.75, 3.05) is 27.9 Å². The molecule has 0 unspecified atom stereocenters. The van der Waals surface area contributed by atoms with Crippen molar-refractivity contribution in [2.45, 2.75) is 57.1 Å². The van der Waals surface area contributed by atoms with Gasteiger partial charge in [-0.05, 0) is 59.7 Å². The largest absolute Gasteiger partial charge is 0.463 e. The molecule has 7 rings (SSSR count). The summed E-state index contributed by atoms with van der Waals surface area (Å²) in [6, 6.07) is 32.0. The highest BCUT2D eigenvalue weighted by Gasteiger charge is 2.49. The smallest absolute Gasteiger partial charge is 0.379 e. The van der Waals surface area contributed by atoms with Gasteiger partial charge in [0.25, 0.3) is 11.6 Å². The Morgan fingerprint density at radius 3 is 1.49 bits per heavy atom. The van der Waals surface area contributed by atoms with Crippen LogP contribution in [0.15, 0.2) is 122 Å². The number of esters is 2. The maximum atomic E-state index is 12.2. The standard InChI is InChI=1S/C45H44N6O12/c1-56-43(54)38(52)31-14-18-35(19-15-31)50-22-33(46-48-50)26-59-28-37-40(60-24-29-10-6-4-7-11-29)41(61-25-30-12-8-5-9-13-30)42(45(58-3)63-37)62-27-34-23-51(49-47-34)36-20-16-32(17-21-36)39(53)44(55)57-2/h4-23,37,40-42,45H,24-28H2,1-3H3/t37-,40-,41+,42-,45+/m1/s1. The van der Waals surface area contributed by atoms with Gasteiger partial charge in [-0.2, -0.15) is 0 Å². The number of aromatic nitrogens is 6. The molecule has 0 N–H and O–H groups in total. The first-order valence-corrected chi connectivity index (χ1v) is 19.7. The molecule has 1 fully saturated rings. The summed E-state index contributed by atoms with van der Waals surface area (Å²) in [6.45, 7) is 0.568. The summed E-state index contributed by atoms with van der Waals surface area (Å²) >= 11 is 0. The number of ether oxygens (including phenoxy) is 8. The molecule has 0 saturated carbocycles. The average molecular weight is 861 g/mol. The number of benzene rings is 4. The number of carbonyl (C=O) groups is 4. The number of hydrogen-bond acceptors (Lipinski definition) is 16. The molecule has 3 heterocycles. The fraction of sp³-hybridized carbons (Fsp3) is 0.289. The van der Waals surface area contributed by atoms with Gasteiger partial charge in [0.15, 0.2) is 6.29 Å². The van der Waals surface area contributed by atoms with Crippen LogP contribution in [-0.2, 0) is 73.9 Å². The Morgan fingerprint density at radius 2 is 1.02 bits per heavy atom. The average Bonchev–Trinajstić information content (AvgIpc) is 4.02. The molecule has 0 radical (unpaired) electrons. The minimum absolute atomic E-state index is 0.00939. The molecule has 1 aliphatic heterocycles. The quantitative estimate of drug-likeness (QED) is 0.0600. The van der Waals surface area contributed by atoms with Crippen LogP contribution < -0.4 is 0 Å². The van der Waals surface area contributed by atoms with Gasteiger partial charge in [-0.1, -0.05) is 71.1 Å². The zero-order valence-electron chi connectivity index (χ0n) is 34.6. The van der Waals surface area contributed by atoms with E-state index in [1.165, 1.54) is 40.7 Å². The Bertz CT molecular complexity index is 2440. The summed E-state index contributed by atoms with van der Waals surface area (Å²) in [5.74, 6) is -3.41. The molecule has 63 heavy (non-hydrogen) atoms. The number of carbonyl (C=O) groups excluding carboxylic acids is 4. The summed E-state index contributed by atoms with van der Waals surface area (Å²) in [7, 11) is 3.81. The third kappa shape index (κ3) is 11.2. The molecule has 0 amide bonds. The van der Waals surface area contributed by atoms with Gasteiger partial charge in [0.2, 0.25) is 0 Å². The minimum Gasteiger partial charge on any atom is -0.463 e. The number of hydrogen-bond donors (Lipinski definition) is 0. The van der Waals surface area contributed by atoms with Crippen LogP contribution in [-0.4, -0.2) is 112 Å². The van der Waals surface area contributed by atoms with Gasteiger partial charge in [-0.25, -0.2) is 19.0 Å². The van der Waals surface area contributed by atoms with E-state index < -0.39 is 54.2 Å². The third-order valence-corrected chi connectivity index (χ3v) is 9.96. The van der Waals surface area contributed by atoms with E-state index in [-0.39, 0.29) is 44.2 Å². The third-order valence-electron chi connectivity index (χ3n) is 9.96.